The molecule has 0 aromatic heterocycles. The molecule has 2 aromatic rings. The molecule has 1 aliphatic rings. The van der Waals surface area contributed by atoms with Gasteiger partial charge in [-0.1, -0.05) is 30.3 Å². The van der Waals surface area contributed by atoms with Crippen LogP contribution in [0.2, 0.25) is 0 Å². The van der Waals surface area contributed by atoms with Crippen LogP contribution < -0.4 is 9.47 Å². The second kappa shape index (κ2) is 5.60. The minimum atomic E-state index is 0.0503. The summed E-state index contributed by atoms with van der Waals surface area (Å²) in [5.74, 6) is 1.66. The van der Waals surface area contributed by atoms with Crippen molar-refractivity contribution in [1.29, 1.82) is 0 Å². The first-order valence-electron chi connectivity index (χ1n) is 7.04. The van der Waals surface area contributed by atoms with Gasteiger partial charge >= 0.3 is 0 Å². The SMILES string of the molecule is COc1ccc(CC(=O)C2Cc3ccccc32)cc1OC. The Balaban J connectivity index is 1.74. The van der Waals surface area contributed by atoms with Gasteiger partial charge in [-0.15, -0.1) is 0 Å². The van der Waals surface area contributed by atoms with E-state index >= 15 is 0 Å². The number of methoxy groups -OCH3 is 2. The van der Waals surface area contributed by atoms with Crippen LogP contribution in [0.1, 0.15) is 22.6 Å². The maximum Gasteiger partial charge on any atom is 0.161 e. The van der Waals surface area contributed by atoms with E-state index in [-0.39, 0.29) is 11.7 Å². The molecule has 0 heterocycles. The van der Waals surface area contributed by atoms with Crippen molar-refractivity contribution in [2.45, 2.75) is 18.8 Å². The highest BCUT2D eigenvalue weighted by molar-refractivity contribution is 5.90. The minimum Gasteiger partial charge on any atom is -0.493 e. The second-order valence-corrected chi connectivity index (χ2v) is 5.29. The predicted molar refractivity (Wildman–Crippen MR) is 81.1 cm³/mol. The van der Waals surface area contributed by atoms with Gasteiger partial charge in [-0.05, 0) is 35.2 Å². The third kappa shape index (κ3) is 2.51. The van der Waals surface area contributed by atoms with E-state index in [0.29, 0.717) is 17.9 Å². The Morgan fingerprint density at radius 1 is 1.10 bits per heavy atom. The molecule has 21 heavy (non-hydrogen) atoms. The first-order valence-corrected chi connectivity index (χ1v) is 7.04. The Labute approximate surface area is 124 Å². The van der Waals surface area contributed by atoms with Crippen molar-refractivity contribution in [1.82, 2.24) is 0 Å². The number of hydrogen-bond donors (Lipinski definition) is 0. The topological polar surface area (TPSA) is 35.5 Å². The standard InChI is InChI=1S/C18H18O3/c1-20-17-8-7-12(10-18(17)21-2)9-16(19)15-11-13-5-3-4-6-14(13)15/h3-8,10,15H,9,11H2,1-2H3. The van der Waals surface area contributed by atoms with E-state index in [4.69, 9.17) is 9.47 Å². The van der Waals surface area contributed by atoms with Crippen LogP contribution in [0, 0.1) is 0 Å². The molecule has 0 saturated heterocycles. The lowest BCUT2D eigenvalue weighted by molar-refractivity contribution is -0.120. The van der Waals surface area contributed by atoms with E-state index in [1.165, 1.54) is 11.1 Å². The van der Waals surface area contributed by atoms with Crippen molar-refractivity contribution < 1.29 is 14.3 Å². The molecule has 1 atom stereocenters. The second-order valence-electron chi connectivity index (χ2n) is 5.29. The summed E-state index contributed by atoms with van der Waals surface area (Å²) >= 11 is 0. The Morgan fingerprint density at radius 2 is 1.86 bits per heavy atom. The van der Waals surface area contributed by atoms with Crippen LogP contribution >= 0.6 is 0 Å². The molecule has 0 radical (unpaired) electrons. The number of carbonyl (C=O) groups is 1. The number of ether oxygens (including phenoxy) is 2. The van der Waals surface area contributed by atoms with Gasteiger partial charge in [-0.2, -0.15) is 0 Å². The van der Waals surface area contributed by atoms with Gasteiger partial charge in [0.05, 0.1) is 14.2 Å². The summed E-state index contributed by atoms with van der Waals surface area (Å²) < 4.78 is 10.5. The predicted octanol–water partition coefficient (Wildman–Crippen LogP) is 3.16. The van der Waals surface area contributed by atoms with Crippen molar-refractivity contribution in [3.05, 3.63) is 59.2 Å². The maximum absolute atomic E-state index is 12.4. The molecule has 1 unspecified atom stereocenters. The molecule has 108 valence electrons. The van der Waals surface area contributed by atoms with Gasteiger partial charge in [-0.25, -0.2) is 0 Å². The summed E-state index contributed by atoms with van der Waals surface area (Å²) in [4.78, 5) is 12.4. The van der Waals surface area contributed by atoms with Gasteiger partial charge in [0.25, 0.3) is 0 Å². The number of fused-ring (bicyclic) bond motifs is 1. The zero-order valence-corrected chi connectivity index (χ0v) is 12.3. The normalized spacial score (nSPS) is 15.8. The molecular weight excluding hydrogens is 264 g/mol. The molecule has 0 aliphatic heterocycles. The Morgan fingerprint density at radius 3 is 2.57 bits per heavy atom. The van der Waals surface area contributed by atoms with Gasteiger partial charge < -0.3 is 9.47 Å². The molecule has 0 bridgehead atoms. The van der Waals surface area contributed by atoms with Crippen LogP contribution in [-0.4, -0.2) is 20.0 Å². The van der Waals surface area contributed by atoms with E-state index in [0.717, 1.165) is 12.0 Å². The summed E-state index contributed by atoms with van der Waals surface area (Å²) in [5.41, 5.74) is 3.44. The molecule has 1 aliphatic carbocycles. The maximum atomic E-state index is 12.4. The Kier molecular flexibility index (Phi) is 3.65. The minimum absolute atomic E-state index is 0.0503. The smallest absolute Gasteiger partial charge is 0.161 e. The summed E-state index contributed by atoms with van der Waals surface area (Å²) in [5, 5.41) is 0. The van der Waals surface area contributed by atoms with Crippen LogP contribution in [0.25, 0.3) is 0 Å². The van der Waals surface area contributed by atoms with E-state index in [2.05, 4.69) is 12.1 Å². The molecule has 0 N–H and O–H groups in total. The van der Waals surface area contributed by atoms with Crippen LogP contribution in [0.3, 0.4) is 0 Å². The molecule has 0 amide bonds. The lowest BCUT2D eigenvalue weighted by Gasteiger charge is -2.28. The van der Waals surface area contributed by atoms with Gasteiger partial charge in [0.1, 0.15) is 5.78 Å². The van der Waals surface area contributed by atoms with Crippen molar-refractivity contribution in [2.24, 2.45) is 0 Å². The molecule has 0 spiro atoms. The van der Waals surface area contributed by atoms with E-state index in [9.17, 15) is 4.79 Å². The largest absolute Gasteiger partial charge is 0.493 e. The lowest BCUT2D eigenvalue weighted by atomic mass is 9.74. The molecule has 2 aromatic carbocycles. The van der Waals surface area contributed by atoms with E-state index in [1.54, 1.807) is 14.2 Å². The summed E-state index contributed by atoms with van der Waals surface area (Å²) in [6, 6.07) is 13.8. The number of carbonyl (C=O) groups excluding carboxylic acids is 1. The average molecular weight is 282 g/mol. The number of ketones is 1. The molecule has 3 heteroatoms. The molecule has 0 saturated carbocycles. The lowest BCUT2D eigenvalue weighted by Crippen LogP contribution is -2.26. The zero-order chi connectivity index (χ0) is 14.8. The summed E-state index contributed by atoms with van der Waals surface area (Å²) in [6.45, 7) is 0. The molecule has 0 fully saturated rings. The van der Waals surface area contributed by atoms with Crippen LogP contribution in [-0.2, 0) is 17.6 Å². The molecular formula is C18H18O3. The Hall–Kier alpha value is -2.29. The van der Waals surface area contributed by atoms with Gasteiger partial charge in [0.15, 0.2) is 11.5 Å². The van der Waals surface area contributed by atoms with E-state index < -0.39 is 0 Å². The zero-order valence-electron chi connectivity index (χ0n) is 12.3. The number of Topliss-reactive ketones (excluding diaryl/α,β-unsaturated/α-hetero) is 1. The first kappa shape index (κ1) is 13.7. The summed E-state index contributed by atoms with van der Waals surface area (Å²) in [6.07, 6.45) is 1.29. The fourth-order valence-electron chi connectivity index (χ4n) is 2.86. The Bertz CT molecular complexity index is 676. The number of rotatable bonds is 5. The van der Waals surface area contributed by atoms with Crippen molar-refractivity contribution >= 4 is 5.78 Å². The fourth-order valence-corrected chi connectivity index (χ4v) is 2.86. The van der Waals surface area contributed by atoms with E-state index in [1.807, 2.05) is 30.3 Å². The van der Waals surface area contributed by atoms with Crippen LogP contribution in [0.4, 0.5) is 0 Å². The van der Waals surface area contributed by atoms with Crippen molar-refractivity contribution in [2.75, 3.05) is 14.2 Å². The third-order valence-electron chi connectivity index (χ3n) is 4.07. The number of hydrogen-bond acceptors (Lipinski definition) is 3. The van der Waals surface area contributed by atoms with Gasteiger partial charge in [0.2, 0.25) is 0 Å². The van der Waals surface area contributed by atoms with Gasteiger partial charge in [-0.3, -0.25) is 4.79 Å². The van der Waals surface area contributed by atoms with Crippen molar-refractivity contribution in [3.63, 3.8) is 0 Å². The van der Waals surface area contributed by atoms with Gasteiger partial charge in [0, 0.05) is 12.3 Å². The van der Waals surface area contributed by atoms with Crippen LogP contribution in [0.5, 0.6) is 11.5 Å². The van der Waals surface area contributed by atoms with Crippen LogP contribution in [0.15, 0.2) is 42.5 Å². The first-order chi connectivity index (χ1) is 10.2. The quantitative estimate of drug-likeness (QED) is 0.845. The number of benzene rings is 2. The highest BCUT2D eigenvalue weighted by atomic mass is 16.5. The highest BCUT2D eigenvalue weighted by Gasteiger charge is 2.31. The monoisotopic (exact) mass is 282 g/mol. The molecule has 3 nitrogen and oxygen atoms in total. The average Bonchev–Trinajstić information content (AvgIpc) is 2.48. The summed E-state index contributed by atoms with van der Waals surface area (Å²) in [7, 11) is 3.21. The highest BCUT2D eigenvalue weighted by Crippen LogP contribution is 2.36. The third-order valence-corrected chi connectivity index (χ3v) is 4.07. The fraction of sp³-hybridized carbons (Fsp3) is 0.278. The van der Waals surface area contributed by atoms with Crippen molar-refractivity contribution in [3.8, 4) is 11.5 Å². The molecule has 3 rings (SSSR count).